The van der Waals surface area contributed by atoms with Crippen LogP contribution in [0.2, 0.25) is 0 Å². The Morgan fingerprint density at radius 1 is 1.28 bits per heavy atom. The monoisotopic (exact) mass is 246 g/mol. The molecular weight excluding hydrogens is 228 g/mol. The van der Waals surface area contributed by atoms with E-state index in [9.17, 15) is 4.79 Å². The predicted molar refractivity (Wildman–Crippen MR) is 72.5 cm³/mol. The van der Waals surface area contributed by atoms with Gasteiger partial charge in [0.1, 0.15) is 11.5 Å². The van der Waals surface area contributed by atoms with Crippen molar-refractivity contribution in [3.05, 3.63) is 33.6 Å². The summed E-state index contributed by atoms with van der Waals surface area (Å²) in [4.78, 5) is 12.0. The van der Waals surface area contributed by atoms with E-state index in [0.29, 0.717) is 12.4 Å². The van der Waals surface area contributed by atoms with Crippen molar-refractivity contribution in [2.75, 3.05) is 5.73 Å². The normalized spacial score (nSPS) is 10.9. The smallest absolute Gasteiger partial charge is 0.253 e. The SMILES string of the molecule is CCn1nc(-c2c(C)cc(C)c(=O)n2C)cc1N. The number of anilines is 1. The van der Waals surface area contributed by atoms with E-state index >= 15 is 0 Å². The minimum absolute atomic E-state index is 0.000204. The van der Waals surface area contributed by atoms with Gasteiger partial charge in [-0.15, -0.1) is 0 Å². The van der Waals surface area contributed by atoms with Gasteiger partial charge in [-0.2, -0.15) is 5.10 Å². The highest BCUT2D eigenvalue weighted by molar-refractivity contribution is 5.62. The second-order valence-corrected chi connectivity index (χ2v) is 4.49. The number of pyridine rings is 1. The van der Waals surface area contributed by atoms with Gasteiger partial charge in [-0.1, -0.05) is 0 Å². The molecule has 2 aromatic rings. The standard InChI is InChI=1S/C13H18N4O/c1-5-17-11(14)7-10(15-17)12-8(2)6-9(3)13(18)16(12)4/h6-7H,5,14H2,1-4H3. The van der Waals surface area contributed by atoms with E-state index in [1.165, 1.54) is 0 Å². The number of nitrogen functional groups attached to an aromatic ring is 1. The summed E-state index contributed by atoms with van der Waals surface area (Å²) in [6, 6.07) is 3.69. The molecule has 0 amide bonds. The maximum atomic E-state index is 12.0. The molecule has 0 fully saturated rings. The van der Waals surface area contributed by atoms with Crippen LogP contribution in [0.25, 0.3) is 11.4 Å². The number of hydrogen-bond donors (Lipinski definition) is 1. The Hall–Kier alpha value is -2.04. The summed E-state index contributed by atoms with van der Waals surface area (Å²) in [5.41, 5.74) is 9.20. The van der Waals surface area contributed by atoms with E-state index in [0.717, 1.165) is 22.5 Å². The molecule has 0 bridgehead atoms. The maximum absolute atomic E-state index is 12.0. The van der Waals surface area contributed by atoms with Crippen LogP contribution in [0.3, 0.4) is 0 Å². The molecule has 0 aromatic carbocycles. The summed E-state index contributed by atoms with van der Waals surface area (Å²) in [5.74, 6) is 0.611. The Bertz CT molecular complexity index is 652. The van der Waals surface area contributed by atoms with Crippen molar-refractivity contribution in [1.82, 2.24) is 14.3 Å². The molecule has 0 aliphatic heterocycles. The van der Waals surface area contributed by atoms with Gasteiger partial charge in [0.05, 0.1) is 5.69 Å². The Balaban J connectivity index is 2.71. The third-order valence-electron chi connectivity index (χ3n) is 3.14. The largest absolute Gasteiger partial charge is 0.384 e. The van der Waals surface area contributed by atoms with Gasteiger partial charge in [0, 0.05) is 25.2 Å². The van der Waals surface area contributed by atoms with Crippen LogP contribution < -0.4 is 11.3 Å². The van der Waals surface area contributed by atoms with E-state index in [2.05, 4.69) is 5.10 Å². The van der Waals surface area contributed by atoms with Crippen molar-refractivity contribution in [1.29, 1.82) is 0 Å². The van der Waals surface area contributed by atoms with Crippen LogP contribution in [-0.4, -0.2) is 14.3 Å². The Morgan fingerprint density at radius 3 is 2.50 bits per heavy atom. The fraction of sp³-hybridized carbons (Fsp3) is 0.385. The van der Waals surface area contributed by atoms with Gasteiger partial charge in [0.2, 0.25) is 0 Å². The fourth-order valence-corrected chi connectivity index (χ4v) is 2.26. The van der Waals surface area contributed by atoms with Gasteiger partial charge in [-0.3, -0.25) is 4.79 Å². The summed E-state index contributed by atoms with van der Waals surface area (Å²) in [6.45, 7) is 6.49. The molecule has 0 radical (unpaired) electrons. The average molecular weight is 246 g/mol. The molecule has 18 heavy (non-hydrogen) atoms. The van der Waals surface area contributed by atoms with Crippen LogP contribution in [0.1, 0.15) is 18.1 Å². The molecule has 0 aliphatic carbocycles. The number of aromatic nitrogens is 3. The predicted octanol–water partition coefficient (Wildman–Crippen LogP) is 1.47. The highest BCUT2D eigenvalue weighted by Crippen LogP contribution is 2.22. The Morgan fingerprint density at radius 2 is 1.94 bits per heavy atom. The summed E-state index contributed by atoms with van der Waals surface area (Å²) < 4.78 is 3.35. The zero-order valence-corrected chi connectivity index (χ0v) is 11.2. The van der Waals surface area contributed by atoms with Gasteiger partial charge >= 0.3 is 0 Å². The summed E-state index contributed by atoms with van der Waals surface area (Å²) in [7, 11) is 1.76. The van der Waals surface area contributed by atoms with Crippen LogP contribution in [0.15, 0.2) is 16.9 Å². The number of nitrogens with zero attached hydrogens (tertiary/aromatic N) is 3. The van der Waals surface area contributed by atoms with E-state index in [1.54, 1.807) is 22.4 Å². The first-order chi connectivity index (χ1) is 8.45. The van der Waals surface area contributed by atoms with Gasteiger partial charge in [0.25, 0.3) is 5.56 Å². The summed E-state index contributed by atoms with van der Waals surface area (Å²) in [5, 5.41) is 4.42. The maximum Gasteiger partial charge on any atom is 0.253 e. The number of hydrogen-bond acceptors (Lipinski definition) is 3. The molecule has 2 rings (SSSR count). The van der Waals surface area contributed by atoms with Crippen molar-refractivity contribution in [3.8, 4) is 11.4 Å². The first-order valence-corrected chi connectivity index (χ1v) is 5.96. The zero-order chi connectivity index (χ0) is 13.4. The lowest BCUT2D eigenvalue weighted by atomic mass is 10.1. The number of aryl methyl sites for hydroxylation is 3. The summed E-state index contributed by atoms with van der Waals surface area (Å²) in [6.07, 6.45) is 0. The van der Waals surface area contributed by atoms with Crippen molar-refractivity contribution >= 4 is 5.82 Å². The third kappa shape index (κ3) is 1.81. The van der Waals surface area contributed by atoms with Gasteiger partial charge in [-0.05, 0) is 32.4 Å². The zero-order valence-electron chi connectivity index (χ0n) is 11.2. The van der Waals surface area contributed by atoms with E-state index in [1.807, 2.05) is 26.8 Å². The van der Waals surface area contributed by atoms with E-state index in [4.69, 9.17) is 5.73 Å². The van der Waals surface area contributed by atoms with Crippen LogP contribution >= 0.6 is 0 Å². The van der Waals surface area contributed by atoms with E-state index in [-0.39, 0.29) is 5.56 Å². The molecule has 0 saturated heterocycles. The first kappa shape index (κ1) is 12.4. The van der Waals surface area contributed by atoms with Crippen LogP contribution in [0.5, 0.6) is 0 Å². The fourth-order valence-electron chi connectivity index (χ4n) is 2.26. The first-order valence-electron chi connectivity index (χ1n) is 5.96. The molecule has 0 unspecified atom stereocenters. The van der Waals surface area contributed by atoms with Crippen LogP contribution in [0, 0.1) is 13.8 Å². The molecule has 2 aromatic heterocycles. The minimum atomic E-state index is 0.000204. The molecule has 5 nitrogen and oxygen atoms in total. The lowest BCUT2D eigenvalue weighted by Crippen LogP contribution is -2.21. The van der Waals surface area contributed by atoms with Gasteiger partial charge in [0.15, 0.2) is 0 Å². The molecule has 2 N–H and O–H groups in total. The van der Waals surface area contributed by atoms with Crippen molar-refractivity contribution < 1.29 is 0 Å². The summed E-state index contributed by atoms with van der Waals surface area (Å²) >= 11 is 0. The van der Waals surface area contributed by atoms with Crippen molar-refractivity contribution in [3.63, 3.8) is 0 Å². The van der Waals surface area contributed by atoms with Gasteiger partial charge < -0.3 is 10.3 Å². The van der Waals surface area contributed by atoms with Crippen molar-refractivity contribution in [2.45, 2.75) is 27.3 Å². The molecular formula is C13H18N4O. The molecule has 96 valence electrons. The third-order valence-corrected chi connectivity index (χ3v) is 3.14. The molecule has 0 atom stereocenters. The lowest BCUT2D eigenvalue weighted by molar-refractivity contribution is 0.670. The highest BCUT2D eigenvalue weighted by Gasteiger charge is 2.13. The average Bonchev–Trinajstić information content (AvgIpc) is 2.67. The number of rotatable bonds is 2. The second kappa shape index (κ2) is 4.33. The molecule has 0 spiro atoms. The lowest BCUT2D eigenvalue weighted by Gasteiger charge is -2.10. The molecule has 0 saturated carbocycles. The second-order valence-electron chi connectivity index (χ2n) is 4.49. The quantitative estimate of drug-likeness (QED) is 0.872. The molecule has 2 heterocycles. The Labute approximate surface area is 106 Å². The van der Waals surface area contributed by atoms with Crippen LogP contribution in [0.4, 0.5) is 5.82 Å². The highest BCUT2D eigenvalue weighted by atomic mass is 16.1. The molecule has 5 heteroatoms. The Kier molecular flexibility index (Phi) is 2.98. The van der Waals surface area contributed by atoms with Crippen LogP contribution in [-0.2, 0) is 13.6 Å². The molecule has 0 aliphatic rings. The topological polar surface area (TPSA) is 65.8 Å². The minimum Gasteiger partial charge on any atom is -0.384 e. The van der Waals surface area contributed by atoms with E-state index < -0.39 is 0 Å². The van der Waals surface area contributed by atoms with Crippen molar-refractivity contribution in [2.24, 2.45) is 7.05 Å². The van der Waals surface area contributed by atoms with Gasteiger partial charge in [-0.25, -0.2) is 4.68 Å². The number of nitrogens with two attached hydrogens (primary N) is 1.